The van der Waals surface area contributed by atoms with Crippen LogP contribution in [0.2, 0.25) is 0 Å². The third-order valence-corrected chi connectivity index (χ3v) is 3.74. The predicted molar refractivity (Wildman–Crippen MR) is 89.4 cm³/mol. The fourth-order valence-corrected chi connectivity index (χ4v) is 2.19. The summed E-state index contributed by atoms with van der Waals surface area (Å²) in [6.07, 6.45) is 0. The van der Waals surface area contributed by atoms with Crippen LogP contribution >= 0.6 is 24.0 Å². The first-order valence-electron chi connectivity index (χ1n) is 5.99. The zero-order valence-electron chi connectivity index (χ0n) is 11.7. The molecule has 0 atom stereocenters. The topological polar surface area (TPSA) is 52.6 Å². The number of para-hydroxylation sites is 1. The summed E-state index contributed by atoms with van der Waals surface area (Å²) in [5.74, 6) is 0.162. The molecule has 0 N–H and O–H groups in total. The van der Waals surface area contributed by atoms with Crippen molar-refractivity contribution in [1.82, 2.24) is 0 Å². The van der Waals surface area contributed by atoms with Gasteiger partial charge in [-0.1, -0.05) is 30.3 Å². The van der Waals surface area contributed by atoms with E-state index in [1.807, 2.05) is 0 Å². The quantitative estimate of drug-likeness (QED) is 0.390. The SMILES string of the molecule is COc1ccc(-c2ccccc2OS(=O)(=O)C(F)(F)F)cc1.I. The van der Waals surface area contributed by atoms with Crippen LogP contribution < -0.4 is 8.92 Å². The van der Waals surface area contributed by atoms with Crippen molar-refractivity contribution in [3.05, 3.63) is 48.5 Å². The van der Waals surface area contributed by atoms with Crippen LogP contribution in [-0.2, 0) is 10.1 Å². The van der Waals surface area contributed by atoms with E-state index in [2.05, 4.69) is 4.18 Å². The molecule has 2 aromatic carbocycles. The average Bonchev–Trinajstić information content (AvgIpc) is 2.46. The molecule has 0 aromatic heterocycles. The van der Waals surface area contributed by atoms with E-state index in [1.165, 1.54) is 19.2 Å². The van der Waals surface area contributed by atoms with Crippen molar-refractivity contribution in [3.8, 4) is 22.6 Å². The normalized spacial score (nSPS) is 11.5. The van der Waals surface area contributed by atoms with Gasteiger partial charge >= 0.3 is 15.6 Å². The molecule has 2 aromatic rings. The molecule has 9 heteroatoms. The number of rotatable bonds is 4. The third kappa shape index (κ3) is 4.50. The van der Waals surface area contributed by atoms with E-state index in [1.54, 1.807) is 30.3 Å². The lowest BCUT2D eigenvalue weighted by Gasteiger charge is -2.13. The molecular formula is C14H12F3IO4S. The highest BCUT2D eigenvalue weighted by atomic mass is 127. The van der Waals surface area contributed by atoms with E-state index >= 15 is 0 Å². The molecular weight excluding hydrogens is 448 g/mol. The van der Waals surface area contributed by atoms with Crippen molar-refractivity contribution in [1.29, 1.82) is 0 Å². The Balaban J connectivity index is 0.00000264. The van der Waals surface area contributed by atoms with Crippen LogP contribution in [0.1, 0.15) is 0 Å². The number of alkyl halides is 3. The number of halogens is 4. The van der Waals surface area contributed by atoms with Crippen molar-refractivity contribution >= 4 is 34.1 Å². The van der Waals surface area contributed by atoms with Gasteiger partial charge in [-0.25, -0.2) is 0 Å². The number of hydrogen-bond donors (Lipinski definition) is 0. The maximum absolute atomic E-state index is 12.4. The van der Waals surface area contributed by atoms with Gasteiger partial charge in [0.25, 0.3) is 0 Å². The van der Waals surface area contributed by atoms with Gasteiger partial charge < -0.3 is 8.92 Å². The molecule has 2 rings (SSSR count). The summed E-state index contributed by atoms with van der Waals surface area (Å²) in [4.78, 5) is 0. The molecule has 23 heavy (non-hydrogen) atoms. The van der Waals surface area contributed by atoms with Gasteiger partial charge in [-0.05, 0) is 23.8 Å². The minimum absolute atomic E-state index is 0. The van der Waals surface area contributed by atoms with E-state index < -0.39 is 21.4 Å². The minimum Gasteiger partial charge on any atom is -0.497 e. The Morgan fingerprint density at radius 2 is 1.52 bits per heavy atom. The van der Waals surface area contributed by atoms with E-state index in [4.69, 9.17) is 4.74 Å². The van der Waals surface area contributed by atoms with Crippen LogP contribution in [0, 0.1) is 0 Å². The summed E-state index contributed by atoms with van der Waals surface area (Å²) in [6, 6.07) is 11.9. The van der Waals surface area contributed by atoms with Gasteiger partial charge in [0, 0.05) is 5.56 Å². The Bertz CT molecular complexity index is 758. The Morgan fingerprint density at radius 3 is 2.04 bits per heavy atom. The van der Waals surface area contributed by atoms with Gasteiger partial charge in [0.1, 0.15) is 5.75 Å². The summed E-state index contributed by atoms with van der Waals surface area (Å²) in [5.41, 5.74) is -4.77. The van der Waals surface area contributed by atoms with E-state index in [-0.39, 0.29) is 29.5 Å². The smallest absolute Gasteiger partial charge is 0.497 e. The van der Waals surface area contributed by atoms with E-state index in [0.29, 0.717) is 11.3 Å². The van der Waals surface area contributed by atoms with Crippen LogP contribution in [0.25, 0.3) is 11.1 Å². The molecule has 0 aliphatic heterocycles. The van der Waals surface area contributed by atoms with Gasteiger partial charge in [-0.3, -0.25) is 0 Å². The van der Waals surface area contributed by atoms with Crippen molar-refractivity contribution in [3.63, 3.8) is 0 Å². The maximum Gasteiger partial charge on any atom is 0.534 e. The summed E-state index contributed by atoms with van der Waals surface area (Å²) in [7, 11) is -4.24. The highest BCUT2D eigenvalue weighted by Crippen LogP contribution is 2.34. The van der Waals surface area contributed by atoms with Crippen LogP contribution in [0.3, 0.4) is 0 Å². The van der Waals surface area contributed by atoms with Crippen LogP contribution in [-0.4, -0.2) is 21.0 Å². The molecule has 0 heterocycles. The molecule has 0 radical (unpaired) electrons. The van der Waals surface area contributed by atoms with Crippen LogP contribution in [0.15, 0.2) is 48.5 Å². The second kappa shape index (κ2) is 7.39. The largest absolute Gasteiger partial charge is 0.534 e. The monoisotopic (exact) mass is 460 g/mol. The van der Waals surface area contributed by atoms with Crippen molar-refractivity contribution in [2.45, 2.75) is 5.51 Å². The molecule has 0 saturated carbocycles. The molecule has 126 valence electrons. The van der Waals surface area contributed by atoms with Gasteiger partial charge in [-0.2, -0.15) is 21.6 Å². The van der Waals surface area contributed by atoms with Gasteiger partial charge in [0.05, 0.1) is 7.11 Å². The molecule has 0 spiro atoms. The van der Waals surface area contributed by atoms with Gasteiger partial charge in [0.15, 0.2) is 5.75 Å². The fourth-order valence-electron chi connectivity index (χ4n) is 1.71. The van der Waals surface area contributed by atoms with E-state index in [0.717, 1.165) is 6.07 Å². The minimum atomic E-state index is -5.72. The summed E-state index contributed by atoms with van der Waals surface area (Å²) in [5, 5.41) is 0. The number of hydrogen-bond acceptors (Lipinski definition) is 4. The first-order chi connectivity index (χ1) is 10.2. The molecule has 0 fully saturated rings. The summed E-state index contributed by atoms with van der Waals surface area (Å²) < 4.78 is 68.8. The van der Waals surface area contributed by atoms with Gasteiger partial charge in [0.2, 0.25) is 0 Å². The Labute approximate surface area is 148 Å². The zero-order valence-corrected chi connectivity index (χ0v) is 14.8. The van der Waals surface area contributed by atoms with Crippen LogP contribution in [0.5, 0.6) is 11.5 Å². The third-order valence-electron chi connectivity index (χ3n) is 2.77. The molecule has 0 bridgehead atoms. The van der Waals surface area contributed by atoms with Gasteiger partial charge in [-0.15, -0.1) is 24.0 Å². The molecule has 0 unspecified atom stereocenters. The van der Waals surface area contributed by atoms with Crippen molar-refractivity contribution in [2.24, 2.45) is 0 Å². The lowest BCUT2D eigenvalue weighted by Crippen LogP contribution is -2.28. The first-order valence-corrected chi connectivity index (χ1v) is 7.39. The highest BCUT2D eigenvalue weighted by molar-refractivity contribution is 14.0. The average molecular weight is 460 g/mol. The molecule has 0 amide bonds. The highest BCUT2D eigenvalue weighted by Gasteiger charge is 2.48. The number of benzene rings is 2. The predicted octanol–water partition coefficient (Wildman–Crippen LogP) is 4.21. The standard InChI is InChI=1S/C14H11F3O4S.HI/c1-20-11-8-6-10(7-9-11)12-4-2-3-5-13(12)21-22(18,19)14(15,16)17;/h2-9H,1H3;1H. The van der Waals surface area contributed by atoms with Crippen molar-refractivity contribution in [2.75, 3.05) is 7.11 Å². The second-order valence-corrected chi connectivity index (χ2v) is 5.75. The number of methoxy groups -OCH3 is 1. The molecule has 0 saturated heterocycles. The molecule has 0 aliphatic rings. The molecule has 4 nitrogen and oxygen atoms in total. The lowest BCUT2D eigenvalue weighted by atomic mass is 10.0. The van der Waals surface area contributed by atoms with E-state index in [9.17, 15) is 21.6 Å². The van der Waals surface area contributed by atoms with Crippen LogP contribution in [0.4, 0.5) is 13.2 Å². The maximum atomic E-state index is 12.4. The molecule has 0 aliphatic carbocycles. The summed E-state index contributed by atoms with van der Waals surface area (Å²) in [6.45, 7) is 0. The fraction of sp³-hybridized carbons (Fsp3) is 0.143. The summed E-state index contributed by atoms with van der Waals surface area (Å²) >= 11 is 0. The Kier molecular flexibility index (Phi) is 6.28. The Hall–Kier alpha value is -1.49. The second-order valence-electron chi connectivity index (χ2n) is 4.21. The zero-order chi connectivity index (χ0) is 16.4. The van der Waals surface area contributed by atoms with Crippen molar-refractivity contribution < 1.29 is 30.5 Å². The number of ether oxygens (including phenoxy) is 1. The lowest BCUT2D eigenvalue weighted by molar-refractivity contribution is -0.0499. The Morgan fingerprint density at radius 1 is 0.957 bits per heavy atom. The first kappa shape index (κ1) is 19.6.